The molecule has 1 aromatic carbocycles. The summed E-state index contributed by atoms with van der Waals surface area (Å²) in [7, 11) is 0. The standard InChI is InChI=1S/C15H14N4/c1-11-6-12(7-18-13-8-16-10-17-9-13)14-4-2-3-5-15(14)19-11/h2-6,8-10,18H,7H2,1H3. The van der Waals surface area contributed by atoms with Crippen LogP contribution in [0.4, 0.5) is 5.69 Å². The molecule has 0 radical (unpaired) electrons. The Morgan fingerprint density at radius 3 is 2.74 bits per heavy atom. The van der Waals surface area contributed by atoms with Crippen LogP contribution >= 0.6 is 0 Å². The van der Waals surface area contributed by atoms with Crippen molar-refractivity contribution in [2.45, 2.75) is 13.5 Å². The summed E-state index contributed by atoms with van der Waals surface area (Å²) in [5.74, 6) is 0. The largest absolute Gasteiger partial charge is 0.378 e. The fourth-order valence-corrected chi connectivity index (χ4v) is 2.13. The minimum Gasteiger partial charge on any atom is -0.378 e. The molecule has 0 amide bonds. The van der Waals surface area contributed by atoms with Crippen molar-refractivity contribution in [2.75, 3.05) is 5.32 Å². The number of hydrogen-bond donors (Lipinski definition) is 1. The van der Waals surface area contributed by atoms with Crippen molar-refractivity contribution in [1.29, 1.82) is 0 Å². The molecule has 3 rings (SSSR count). The molecule has 4 nitrogen and oxygen atoms in total. The van der Waals surface area contributed by atoms with Gasteiger partial charge in [-0.1, -0.05) is 18.2 Å². The van der Waals surface area contributed by atoms with Crippen molar-refractivity contribution in [3.63, 3.8) is 0 Å². The topological polar surface area (TPSA) is 50.7 Å². The van der Waals surface area contributed by atoms with Gasteiger partial charge in [-0.3, -0.25) is 4.98 Å². The van der Waals surface area contributed by atoms with Crippen molar-refractivity contribution in [3.8, 4) is 0 Å². The van der Waals surface area contributed by atoms with Crippen molar-refractivity contribution in [1.82, 2.24) is 15.0 Å². The molecule has 2 heterocycles. The molecular formula is C15H14N4. The van der Waals surface area contributed by atoms with E-state index >= 15 is 0 Å². The Morgan fingerprint density at radius 1 is 1.11 bits per heavy atom. The summed E-state index contributed by atoms with van der Waals surface area (Å²) in [6.07, 6.45) is 5.06. The quantitative estimate of drug-likeness (QED) is 0.776. The Bertz CT molecular complexity index is 695. The second kappa shape index (κ2) is 5.02. The lowest BCUT2D eigenvalue weighted by atomic mass is 10.1. The average molecular weight is 250 g/mol. The summed E-state index contributed by atoms with van der Waals surface area (Å²) < 4.78 is 0. The average Bonchev–Trinajstić information content (AvgIpc) is 2.45. The van der Waals surface area contributed by atoms with Crippen LogP contribution in [0.2, 0.25) is 0 Å². The molecule has 3 aromatic rings. The number of anilines is 1. The van der Waals surface area contributed by atoms with Gasteiger partial charge in [-0.25, -0.2) is 9.97 Å². The summed E-state index contributed by atoms with van der Waals surface area (Å²) in [6, 6.07) is 10.3. The maximum absolute atomic E-state index is 4.54. The van der Waals surface area contributed by atoms with Crippen LogP contribution in [-0.2, 0) is 6.54 Å². The lowest BCUT2D eigenvalue weighted by Gasteiger charge is -2.09. The molecule has 19 heavy (non-hydrogen) atoms. The number of benzene rings is 1. The van der Waals surface area contributed by atoms with Crippen molar-refractivity contribution in [2.24, 2.45) is 0 Å². The SMILES string of the molecule is Cc1cc(CNc2cncnc2)c2ccccc2n1. The highest BCUT2D eigenvalue weighted by molar-refractivity contribution is 5.82. The maximum Gasteiger partial charge on any atom is 0.115 e. The molecular weight excluding hydrogens is 236 g/mol. The zero-order valence-corrected chi connectivity index (χ0v) is 10.7. The molecule has 0 unspecified atom stereocenters. The smallest absolute Gasteiger partial charge is 0.115 e. The highest BCUT2D eigenvalue weighted by atomic mass is 14.9. The van der Waals surface area contributed by atoms with E-state index in [9.17, 15) is 0 Å². The van der Waals surface area contributed by atoms with Gasteiger partial charge in [0, 0.05) is 17.6 Å². The molecule has 0 spiro atoms. The highest BCUT2D eigenvalue weighted by Gasteiger charge is 2.03. The number of pyridine rings is 1. The van der Waals surface area contributed by atoms with E-state index in [2.05, 4.69) is 32.4 Å². The first-order chi connectivity index (χ1) is 9.33. The van der Waals surface area contributed by atoms with Crippen molar-refractivity contribution in [3.05, 3.63) is 60.3 Å². The molecule has 0 aliphatic carbocycles. The Labute approximate surface area is 111 Å². The first-order valence-electron chi connectivity index (χ1n) is 6.17. The normalized spacial score (nSPS) is 10.6. The van der Waals surface area contributed by atoms with E-state index in [1.165, 1.54) is 17.3 Å². The van der Waals surface area contributed by atoms with Crippen LogP contribution in [0.3, 0.4) is 0 Å². The molecule has 0 bridgehead atoms. The number of nitrogens with one attached hydrogen (secondary N) is 1. The first-order valence-corrected chi connectivity index (χ1v) is 6.17. The van der Waals surface area contributed by atoms with Gasteiger partial charge in [0.1, 0.15) is 6.33 Å². The molecule has 0 fully saturated rings. The van der Waals surface area contributed by atoms with Gasteiger partial charge in [0.05, 0.1) is 23.6 Å². The monoisotopic (exact) mass is 250 g/mol. The second-order valence-corrected chi connectivity index (χ2v) is 4.42. The number of rotatable bonds is 3. The maximum atomic E-state index is 4.54. The van der Waals surface area contributed by atoms with Gasteiger partial charge < -0.3 is 5.32 Å². The van der Waals surface area contributed by atoms with Crippen LogP contribution in [0.25, 0.3) is 10.9 Å². The van der Waals surface area contributed by atoms with Gasteiger partial charge in [-0.05, 0) is 24.6 Å². The van der Waals surface area contributed by atoms with E-state index in [1.54, 1.807) is 12.4 Å². The van der Waals surface area contributed by atoms with Crippen LogP contribution in [0, 0.1) is 6.92 Å². The number of hydrogen-bond acceptors (Lipinski definition) is 4. The van der Waals surface area contributed by atoms with Crippen molar-refractivity contribution < 1.29 is 0 Å². The third-order valence-electron chi connectivity index (χ3n) is 2.97. The van der Waals surface area contributed by atoms with Gasteiger partial charge in [-0.15, -0.1) is 0 Å². The van der Waals surface area contributed by atoms with Crippen molar-refractivity contribution >= 4 is 16.6 Å². The van der Waals surface area contributed by atoms with Crippen LogP contribution in [-0.4, -0.2) is 15.0 Å². The predicted octanol–water partition coefficient (Wildman–Crippen LogP) is 2.95. The van der Waals surface area contributed by atoms with Crippen LogP contribution in [0.5, 0.6) is 0 Å². The number of para-hydroxylation sites is 1. The molecule has 0 aliphatic heterocycles. The van der Waals surface area contributed by atoms with E-state index in [0.717, 1.165) is 23.4 Å². The summed E-state index contributed by atoms with van der Waals surface area (Å²) >= 11 is 0. The van der Waals surface area contributed by atoms with E-state index in [4.69, 9.17) is 0 Å². The summed E-state index contributed by atoms with van der Waals surface area (Å²) in [6.45, 7) is 2.75. The van der Waals surface area contributed by atoms with Crippen LogP contribution in [0.1, 0.15) is 11.3 Å². The van der Waals surface area contributed by atoms with Gasteiger partial charge in [0.15, 0.2) is 0 Å². The first kappa shape index (κ1) is 11.6. The van der Waals surface area contributed by atoms with E-state index < -0.39 is 0 Å². The second-order valence-electron chi connectivity index (χ2n) is 4.42. The molecule has 1 N–H and O–H groups in total. The van der Waals surface area contributed by atoms with Crippen LogP contribution < -0.4 is 5.32 Å². The molecule has 0 saturated heterocycles. The van der Waals surface area contributed by atoms with Gasteiger partial charge >= 0.3 is 0 Å². The number of fused-ring (bicyclic) bond motifs is 1. The Balaban J connectivity index is 1.92. The molecule has 4 heteroatoms. The molecule has 0 saturated carbocycles. The Morgan fingerprint density at radius 2 is 1.89 bits per heavy atom. The lowest BCUT2D eigenvalue weighted by molar-refractivity contribution is 1.10. The molecule has 2 aromatic heterocycles. The van der Waals surface area contributed by atoms with E-state index in [1.807, 2.05) is 25.1 Å². The molecule has 0 aliphatic rings. The Kier molecular flexibility index (Phi) is 3.06. The highest BCUT2D eigenvalue weighted by Crippen LogP contribution is 2.19. The van der Waals surface area contributed by atoms with Gasteiger partial charge in [0.25, 0.3) is 0 Å². The number of aryl methyl sites for hydroxylation is 1. The molecule has 94 valence electrons. The fraction of sp³-hybridized carbons (Fsp3) is 0.133. The summed E-state index contributed by atoms with van der Waals surface area (Å²) in [5.41, 5.74) is 4.21. The molecule has 0 atom stereocenters. The Hall–Kier alpha value is -2.49. The minimum absolute atomic E-state index is 0.733. The van der Waals surface area contributed by atoms with Crippen LogP contribution in [0.15, 0.2) is 49.1 Å². The van der Waals surface area contributed by atoms with E-state index in [-0.39, 0.29) is 0 Å². The zero-order chi connectivity index (χ0) is 13.1. The summed E-state index contributed by atoms with van der Waals surface area (Å²) in [4.78, 5) is 12.5. The third kappa shape index (κ3) is 2.52. The summed E-state index contributed by atoms with van der Waals surface area (Å²) in [5, 5.41) is 4.51. The van der Waals surface area contributed by atoms with Gasteiger partial charge in [0.2, 0.25) is 0 Å². The third-order valence-corrected chi connectivity index (χ3v) is 2.97. The fourth-order valence-electron chi connectivity index (χ4n) is 2.13. The lowest BCUT2D eigenvalue weighted by Crippen LogP contribution is -2.02. The number of nitrogens with zero attached hydrogens (tertiary/aromatic N) is 3. The van der Waals surface area contributed by atoms with Gasteiger partial charge in [-0.2, -0.15) is 0 Å². The zero-order valence-electron chi connectivity index (χ0n) is 10.7. The minimum atomic E-state index is 0.733. The predicted molar refractivity (Wildman–Crippen MR) is 75.8 cm³/mol. The number of aromatic nitrogens is 3. The van der Waals surface area contributed by atoms with E-state index in [0.29, 0.717) is 0 Å².